The van der Waals surface area contributed by atoms with E-state index in [0.717, 1.165) is 32.1 Å². The standard InChI is InChI=1S/C11H21N3O3/c1-8(13-10(12)17)9(16)14-11(7-15)5-3-2-4-6-11/h8,15H,2-7H2,1H3,(H,14,16)(H3,12,13,17). The van der Waals surface area contributed by atoms with Gasteiger partial charge in [0, 0.05) is 0 Å². The summed E-state index contributed by atoms with van der Waals surface area (Å²) in [5, 5.41) is 14.6. The van der Waals surface area contributed by atoms with Crippen LogP contribution in [0.25, 0.3) is 0 Å². The van der Waals surface area contributed by atoms with Crippen molar-refractivity contribution in [1.29, 1.82) is 0 Å². The average Bonchev–Trinajstić information content (AvgIpc) is 2.29. The maximum atomic E-state index is 11.8. The Morgan fingerprint density at radius 1 is 1.35 bits per heavy atom. The van der Waals surface area contributed by atoms with Crippen LogP contribution in [-0.2, 0) is 4.79 Å². The highest BCUT2D eigenvalue weighted by molar-refractivity contribution is 5.86. The third-order valence-electron chi connectivity index (χ3n) is 3.25. The molecule has 1 unspecified atom stereocenters. The van der Waals surface area contributed by atoms with Crippen LogP contribution in [0.15, 0.2) is 0 Å². The molecule has 5 N–H and O–H groups in total. The second-order valence-electron chi connectivity index (χ2n) is 4.72. The lowest BCUT2D eigenvalue weighted by molar-refractivity contribution is -0.125. The maximum Gasteiger partial charge on any atom is 0.312 e. The molecule has 98 valence electrons. The van der Waals surface area contributed by atoms with Crippen LogP contribution in [0.3, 0.4) is 0 Å². The van der Waals surface area contributed by atoms with Crippen molar-refractivity contribution in [1.82, 2.24) is 10.6 Å². The zero-order valence-corrected chi connectivity index (χ0v) is 10.2. The topological polar surface area (TPSA) is 104 Å². The number of carbonyl (C=O) groups excluding carboxylic acids is 2. The minimum absolute atomic E-state index is 0.0674. The van der Waals surface area contributed by atoms with Crippen LogP contribution < -0.4 is 16.4 Å². The van der Waals surface area contributed by atoms with Gasteiger partial charge in [-0.05, 0) is 19.8 Å². The van der Waals surface area contributed by atoms with E-state index >= 15 is 0 Å². The van der Waals surface area contributed by atoms with Gasteiger partial charge in [0.25, 0.3) is 0 Å². The van der Waals surface area contributed by atoms with Crippen molar-refractivity contribution in [3.63, 3.8) is 0 Å². The van der Waals surface area contributed by atoms with E-state index in [0.29, 0.717) is 0 Å². The lowest BCUT2D eigenvalue weighted by Gasteiger charge is -2.37. The number of aliphatic hydroxyl groups excluding tert-OH is 1. The Kier molecular flexibility index (Phi) is 4.74. The normalized spacial score (nSPS) is 20.4. The van der Waals surface area contributed by atoms with Crippen LogP contribution >= 0.6 is 0 Å². The second kappa shape index (κ2) is 5.86. The molecule has 0 aromatic rings. The van der Waals surface area contributed by atoms with Gasteiger partial charge in [0.15, 0.2) is 0 Å². The first-order chi connectivity index (χ1) is 7.99. The average molecular weight is 243 g/mol. The van der Waals surface area contributed by atoms with Crippen molar-refractivity contribution < 1.29 is 14.7 Å². The van der Waals surface area contributed by atoms with Crippen molar-refractivity contribution in [2.45, 2.75) is 50.6 Å². The summed E-state index contributed by atoms with van der Waals surface area (Å²) in [6.45, 7) is 1.50. The zero-order chi connectivity index (χ0) is 12.9. The summed E-state index contributed by atoms with van der Waals surface area (Å²) in [6.07, 6.45) is 4.68. The highest BCUT2D eigenvalue weighted by Gasteiger charge is 2.34. The zero-order valence-electron chi connectivity index (χ0n) is 10.2. The minimum atomic E-state index is -0.727. The number of hydrogen-bond donors (Lipinski definition) is 4. The fourth-order valence-electron chi connectivity index (χ4n) is 2.20. The number of primary amides is 1. The van der Waals surface area contributed by atoms with Gasteiger partial charge in [0.05, 0.1) is 12.1 Å². The van der Waals surface area contributed by atoms with Crippen LogP contribution in [0, 0.1) is 0 Å². The van der Waals surface area contributed by atoms with Gasteiger partial charge in [-0.3, -0.25) is 4.79 Å². The first-order valence-corrected chi connectivity index (χ1v) is 5.98. The van der Waals surface area contributed by atoms with Crippen molar-refractivity contribution in [2.75, 3.05) is 6.61 Å². The third kappa shape index (κ3) is 3.89. The molecule has 6 nitrogen and oxygen atoms in total. The van der Waals surface area contributed by atoms with Gasteiger partial charge < -0.3 is 21.5 Å². The largest absolute Gasteiger partial charge is 0.394 e. The van der Waals surface area contributed by atoms with Crippen LogP contribution in [-0.4, -0.2) is 35.2 Å². The number of amides is 3. The van der Waals surface area contributed by atoms with E-state index in [1.165, 1.54) is 0 Å². The lowest BCUT2D eigenvalue weighted by atomic mass is 9.82. The molecule has 1 aliphatic rings. The fraction of sp³-hybridized carbons (Fsp3) is 0.818. The molecule has 1 fully saturated rings. The first-order valence-electron chi connectivity index (χ1n) is 5.98. The smallest absolute Gasteiger partial charge is 0.312 e. The number of aliphatic hydroxyl groups is 1. The Morgan fingerprint density at radius 2 is 1.94 bits per heavy atom. The van der Waals surface area contributed by atoms with E-state index in [1.807, 2.05) is 0 Å². The molecule has 0 heterocycles. The van der Waals surface area contributed by atoms with Gasteiger partial charge in [0.2, 0.25) is 5.91 Å². The van der Waals surface area contributed by atoms with E-state index in [2.05, 4.69) is 10.6 Å². The molecule has 1 rings (SSSR count). The Morgan fingerprint density at radius 3 is 2.41 bits per heavy atom. The van der Waals surface area contributed by atoms with Crippen LogP contribution in [0.2, 0.25) is 0 Å². The van der Waals surface area contributed by atoms with Crippen molar-refractivity contribution in [3.05, 3.63) is 0 Å². The molecule has 17 heavy (non-hydrogen) atoms. The van der Waals surface area contributed by atoms with E-state index in [9.17, 15) is 14.7 Å². The Labute approximate surface area is 101 Å². The Hall–Kier alpha value is -1.30. The Bertz CT molecular complexity index is 288. The third-order valence-corrected chi connectivity index (χ3v) is 3.25. The number of nitrogens with one attached hydrogen (secondary N) is 2. The monoisotopic (exact) mass is 243 g/mol. The van der Waals surface area contributed by atoms with E-state index < -0.39 is 17.6 Å². The van der Waals surface area contributed by atoms with E-state index in [-0.39, 0.29) is 12.5 Å². The van der Waals surface area contributed by atoms with Crippen LogP contribution in [0.1, 0.15) is 39.0 Å². The van der Waals surface area contributed by atoms with Crippen molar-refractivity contribution >= 4 is 11.9 Å². The van der Waals surface area contributed by atoms with Crippen LogP contribution in [0.5, 0.6) is 0 Å². The molecule has 6 heteroatoms. The fourth-order valence-corrected chi connectivity index (χ4v) is 2.20. The molecule has 1 aliphatic carbocycles. The predicted molar refractivity (Wildman–Crippen MR) is 63.2 cm³/mol. The first kappa shape index (κ1) is 13.8. The maximum absolute atomic E-state index is 11.8. The van der Waals surface area contributed by atoms with Crippen molar-refractivity contribution in [3.8, 4) is 0 Å². The van der Waals surface area contributed by atoms with E-state index in [1.54, 1.807) is 6.92 Å². The SMILES string of the molecule is CC(NC(N)=O)C(=O)NC1(CO)CCCCC1. The van der Waals surface area contributed by atoms with Crippen LogP contribution in [0.4, 0.5) is 4.79 Å². The van der Waals surface area contributed by atoms with Gasteiger partial charge in [0.1, 0.15) is 6.04 Å². The van der Waals surface area contributed by atoms with Gasteiger partial charge in [-0.1, -0.05) is 19.3 Å². The number of rotatable bonds is 4. The summed E-state index contributed by atoms with van der Waals surface area (Å²) in [5.74, 6) is -0.306. The lowest BCUT2D eigenvalue weighted by Crippen LogP contribution is -2.57. The van der Waals surface area contributed by atoms with Gasteiger partial charge in [-0.25, -0.2) is 4.79 Å². The number of urea groups is 1. The van der Waals surface area contributed by atoms with Crippen molar-refractivity contribution in [2.24, 2.45) is 5.73 Å². The number of nitrogens with two attached hydrogens (primary N) is 1. The quantitative estimate of drug-likeness (QED) is 0.552. The summed E-state index contributed by atoms with van der Waals surface area (Å²) in [6, 6.07) is -1.41. The number of hydrogen-bond acceptors (Lipinski definition) is 3. The molecular formula is C11H21N3O3. The van der Waals surface area contributed by atoms with Gasteiger partial charge >= 0.3 is 6.03 Å². The molecular weight excluding hydrogens is 222 g/mol. The summed E-state index contributed by atoms with van der Waals surface area (Å²) >= 11 is 0. The summed E-state index contributed by atoms with van der Waals surface area (Å²) < 4.78 is 0. The van der Waals surface area contributed by atoms with Gasteiger partial charge in [-0.15, -0.1) is 0 Å². The predicted octanol–water partition coefficient (Wildman–Crippen LogP) is -0.145. The summed E-state index contributed by atoms with van der Waals surface area (Å²) in [5.41, 5.74) is 4.43. The molecule has 0 aliphatic heterocycles. The highest BCUT2D eigenvalue weighted by atomic mass is 16.3. The summed E-state index contributed by atoms with van der Waals surface area (Å²) in [7, 11) is 0. The number of carbonyl (C=O) groups is 2. The Balaban J connectivity index is 2.55. The highest BCUT2D eigenvalue weighted by Crippen LogP contribution is 2.27. The molecule has 0 spiro atoms. The molecule has 0 radical (unpaired) electrons. The summed E-state index contributed by atoms with van der Waals surface area (Å²) in [4.78, 5) is 22.5. The molecule has 0 aromatic carbocycles. The molecule has 0 aromatic heterocycles. The molecule has 0 bridgehead atoms. The van der Waals surface area contributed by atoms with E-state index in [4.69, 9.17) is 5.73 Å². The van der Waals surface area contributed by atoms with Gasteiger partial charge in [-0.2, -0.15) is 0 Å². The second-order valence-corrected chi connectivity index (χ2v) is 4.72. The minimum Gasteiger partial charge on any atom is -0.394 e. The molecule has 1 saturated carbocycles. The molecule has 1 atom stereocenters. The molecule has 3 amide bonds. The molecule has 0 saturated heterocycles.